The normalized spacial score (nSPS) is 10.1. The zero-order valence-electron chi connectivity index (χ0n) is 13.4. The fraction of sp³-hybridized carbons (Fsp3) is 1.00. The molecule has 0 aliphatic carbocycles. The molecule has 0 aromatic heterocycles. The van der Waals surface area contributed by atoms with E-state index in [0.29, 0.717) is 0 Å². The average Bonchev–Trinajstić information content (AvgIpc) is 1.98. The average molecular weight is 480 g/mol. The molecular weight excluding hydrogens is 444 g/mol. The number of hydrogen-bond donors (Lipinski definition) is 0. The third-order valence-electron chi connectivity index (χ3n) is 1.12. The van der Waals surface area contributed by atoms with E-state index in [4.69, 9.17) is 0 Å². The predicted octanol–water partition coefficient (Wildman–Crippen LogP) is 4.68. The Morgan fingerprint density at radius 1 is 0.562 bits per heavy atom. The van der Waals surface area contributed by atoms with Gasteiger partial charge >= 0.3 is 69.2 Å². The molecule has 16 heavy (non-hydrogen) atoms. The van der Waals surface area contributed by atoms with Gasteiger partial charge in [0.05, 0.1) is 12.3 Å². The molecule has 0 saturated heterocycles. The SMILES string of the molecule is C[PH+](C)CC[PH+](C)C.[CH3][Sn]([CH3])[CH3].[CH3][Sn]([CH3])[CH3]. The van der Waals surface area contributed by atoms with Crippen LogP contribution in [0, 0.1) is 0 Å². The van der Waals surface area contributed by atoms with Gasteiger partial charge in [-0.15, -0.1) is 0 Å². The molecule has 0 nitrogen and oxygen atoms in total. The Kier molecular flexibility index (Phi) is 25.7. The molecule has 0 aromatic rings. The summed E-state index contributed by atoms with van der Waals surface area (Å²) >= 11 is -1.09. The Bertz CT molecular complexity index is 96.1. The summed E-state index contributed by atoms with van der Waals surface area (Å²) in [7, 11) is 0.191. The molecule has 0 aromatic carbocycles. The van der Waals surface area contributed by atoms with Crippen LogP contribution >= 0.6 is 15.8 Å². The van der Waals surface area contributed by atoms with Crippen LogP contribution in [0.3, 0.4) is 0 Å². The molecule has 0 amide bonds. The van der Waals surface area contributed by atoms with Crippen LogP contribution in [0.4, 0.5) is 0 Å². The molecule has 0 aliphatic heterocycles. The molecule has 0 fully saturated rings. The van der Waals surface area contributed by atoms with Gasteiger partial charge in [-0.2, -0.15) is 0 Å². The molecule has 0 aliphatic rings. The third-order valence-corrected chi connectivity index (χ3v) is 4.12. The van der Waals surface area contributed by atoms with Crippen molar-refractivity contribution in [3.8, 4) is 0 Å². The van der Waals surface area contributed by atoms with Crippen molar-refractivity contribution in [3.63, 3.8) is 0 Å². The van der Waals surface area contributed by atoms with Crippen LogP contribution in [0.1, 0.15) is 0 Å². The molecule has 0 atom stereocenters. The monoisotopic (exact) mass is 482 g/mol. The number of rotatable bonds is 3. The van der Waals surface area contributed by atoms with Gasteiger partial charge < -0.3 is 0 Å². The molecule has 0 rings (SSSR count). The first-order valence-electron chi connectivity index (χ1n) is 6.21. The van der Waals surface area contributed by atoms with E-state index < -0.39 is 39.5 Å². The minimum absolute atomic E-state index is 0.0957. The maximum atomic E-state index is 2.40. The molecule has 0 unspecified atom stereocenters. The molecule has 0 spiro atoms. The van der Waals surface area contributed by atoms with E-state index >= 15 is 0 Å². The molecule has 100 valence electrons. The Labute approximate surface area is 123 Å². The van der Waals surface area contributed by atoms with Crippen LogP contribution in [-0.2, 0) is 0 Å². The molecule has 0 bridgehead atoms. The van der Waals surface area contributed by atoms with Crippen LogP contribution < -0.4 is 0 Å². The van der Waals surface area contributed by atoms with Crippen molar-refractivity contribution >= 4 is 55.4 Å². The van der Waals surface area contributed by atoms with Gasteiger partial charge in [-0.25, -0.2) is 0 Å². The predicted molar refractivity (Wildman–Crippen MR) is 96.8 cm³/mol. The summed E-state index contributed by atoms with van der Waals surface area (Å²) in [4.78, 5) is 14.2. The van der Waals surface area contributed by atoms with E-state index in [-0.39, 0.29) is 15.8 Å². The van der Waals surface area contributed by atoms with Gasteiger partial charge in [-0.3, -0.25) is 0 Å². The Balaban J connectivity index is -0.000000179. The van der Waals surface area contributed by atoms with Gasteiger partial charge in [0.15, 0.2) is 0 Å². The molecule has 2 radical (unpaired) electrons. The Morgan fingerprint density at radius 3 is 0.750 bits per heavy atom. The van der Waals surface area contributed by atoms with E-state index in [2.05, 4.69) is 56.3 Å². The van der Waals surface area contributed by atoms with Crippen molar-refractivity contribution in [1.82, 2.24) is 0 Å². The summed E-state index contributed by atoms with van der Waals surface area (Å²) in [6.07, 6.45) is 3.07. The van der Waals surface area contributed by atoms with Crippen molar-refractivity contribution in [2.24, 2.45) is 0 Å². The van der Waals surface area contributed by atoms with Gasteiger partial charge in [0, 0.05) is 26.7 Å². The second-order valence-corrected chi connectivity index (χ2v) is 28.9. The van der Waals surface area contributed by atoms with Crippen LogP contribution in [0.2, 0.25) is 29.6 Å². The van der Waals surface area contributed by atoms with E-state index in [1.165, 1.54) is 12.3 Å². The second-order valence-electron chi connectivity index (χ2n) is 5.91. The standard InChI is InChI=1S/C6H16P2.6CH3.2Sn/c1-7(2)5-6-8(3)4;;;;;;;;/h5-6H2,1-4H3;6*1H3;;/p+2. The van der Waals surface area contributed by atoms with Gasteiger partial charge in [-0.05, 0) is 15.8 Å². The van der Waals surface area contributed by atoms with Gasteiger partial charge in [-0.1, -0.05) is 0 Å². The van der Waals surface area contributed by atoms with Crippen LogP contribution in [-0.4, -0.2) is 78.5 Å². The third kappa shape index (κ3) is 70.7. The maximum absolute atomic E-state index is 2.40. The second kappa shape index (κ2) is 17.5. The van der Waals surface area contributed by atoms with Gasteiger partial charge in [0.2, 0.25) is 0 Å². The molecule has 4 heteroatoms. The quantitative estimate of drug-likeness (QED) is 0.407. The van der Waals surface area contributed by atoms with Crippen molar-refractivity contribution in [1.29, 1.82) is 0 Å². The van der Waals surface area contributed by atoms with Crippen molar-refractivity contribution in [2.75, 3.05) is 39.0 Å². The molecule has 0 heterocycles. The zero-order chi connectivity index (χ0) is 13.7. The van der Waals surface area contributed by atoms with E-state index in [1.807, 2.05) is 0 Å². The summed E-state index contributed by atoms with van der Waals surface area (Å²) in [5.74, 6) is 0. The first-order valence-corrected chi connectivity index (χ1v) is 28.7. The van der Waals surface area contributed by atoms with E-state index in [9.17, 15) is 0 Å². The summed E-state index contributed by atoms with van der Waals surface area (Å²) in [6, 6.07) is 0. The first-order chi connectivity index (χ1) is 7.09. The minimum atomic E-state index is -0.543. The molecule has 0 saturated carbocycles. The van der Waals surface area contributed by atoms with Crippen LogP contribution in [0.15, 0.2) is 0 Å². The zero-order valence-corrected chi connectivity index (χ0v) is 21.1. The van der Waals surface area contributed by atoms with Crippen molar-refractivity contribution in [3.05, 3.63) is 0 Å². The van der Waals surface area contributed by atoms with Gasteiger partial charge in [0.1, 0.15) is 0 Å². The summed E-state index contributed by atoms with van der Waals surface area (Å²) in [6.45, 7) is 9.59. The molecular formula is C12H36P2Sn2+2. The summed E-state index contributed by atoms with van der Waals surface area (Å²) in [5, 5.41) is 0. The Morgan fingerprint density at radius 2 is 0.688 bits per heavy atom. The first kappa shape index (κ1) is 23.5. The number of hydrogen-bond acceptors (Lipinski definition) is 0. The van der Waals surface area contributed by atoms with Crippen molar-refractivity contribution in [2.45, 2.75) is 29.6 Å². The van der Waals surface area contributed by atoms with Gasteiger partial charge in [0.25, 0.3) is 0 Å². The van der Waals surface area contributed by atoms with E-state index in [0.717, 1.165) is 0 Å². The molecule has 0 N–H and O–H groups in total. The van der Waals surface area contributed by atoms with Crippen LogP contribution in [0.25, 0.3) is 0 Å². The Hall–Kier alpha value is 2.46. The van der Waals surface area contributed by atoms with E-state index in [1.54, 1.807) is 0 Å². The summed E-state index contributed by atoms with van der Waals surface area (Å²) in [5.41, 5.74) is 0. The summed E-state index contributed by atoms with van der Waals surface area (Å²) < 4.78 is 0. The van der Waals surface area contributed by atoms with Crippen molar-refractivity contribution < 1.29 is 0 Å². The fourth-order valence-corrected chi connectivity index (χ4v) is 4.50. The topological polar surface area (TPSA) is 0 Å². The fourth-order valence-electron chi connectivity index (χ4n) is 0.500. The van der Waals surface area contributed by atoms with Crippen LogP contribution in [0.5, 0.6) is 0 Å².